The second kappa shape index (κ2) is 2.63. The predicted octanol–water partition coefficient (Wildman–Crippen LogP) is 2.98. The summed E-state index contributed by atoms with van der Waals surface area (Å²) < 4.78 is 2.38. The van der Waals surface area contributed by atoms with Crippen LogP contribution in [0.3, 0.4) is 0 Å². The van der Waals surface area contributed by atoms with Crippen molar-refractivity contribution < 1.29 is 0 Å². The highest BCUT2D eigenvalue weighted by Crippen LogP contribution is 2.32. The zero-order chi connectivity index (χ0) is 9.71. The van der Waals surface area contributed by atoms with Crippen LogP contribution in [-0.4, -0.2) is 4.57 Å². The summed E-state index contributed by atoms with van der Waals surface area (Å²) in [5.41, 5.74) is 5.93. The van der Waals surface area contributed by atoms with E-state index in [1.165, 1.54) is 35.7 Å². The highest BCUT2D eigenvalue weighted by atomic mass is 15.0. The van der Waals surface area contributed by atoms with Gasteiger partial charge < -0.3 is 4.57 Å². The topological polar surface area (TPSA) is 4.93 Å². The van der Waals surface area contributed by atoms with Crippen LogP contribution >= 0.6 is 0 Å². The van der Waals surface area contributed by atoms with Gasteiger partial charge in [-0.3, -0.25) is 0 Å². The Labute approximate surface area is 84.4 Å². The summed E-state index contributed by atoms with van der Waals surface area (Å²) in [5, 5.41) is 1.48. The highest BCUT2D eigenvalue weighted by molar-refractivity contribution is 5.86. The molecule has 1 heteroatoms. The van der Waals surface area contributed by atoms with Crippen LogP contribution in [0.1, 0.15) is 23.2 Å². The Balaban J connectivity index is 2.45. The fraction of sp³-hybridized carbons (Fsp3) is 0.385. The van der Waals surface area contributed by atoms with Gasteiger partial charge in [0, 0.05) is 23.6 Å². The number of fused-ring (bicyclic) bond motifs is 3. The SMILES string of the molecule is Cc1ccc2c3c(n(C)c2c1)CCC3. The maximum absolute atomic E-state index is 2.38. The Morgan fingerprint density at radius 1 is 1.21 bits per heavy atom. The summed E-state index contributed by atoms with van der Waals surface area (Å²) in [7, 11) is 2.20. The molecule has 3 rings (SSSR count). The summed E-state index contributed by atoms with van der Waals surface area (Å²) >= 11 is 0. The molecular weight excluding hydrogens is 170 g/mol. The van der Waals surface area contributed by atoms with Gasteiger partial charge in [0.25, 0.3) is 0 Å². The number of aromatic nitrogens is 1. The molecule has 0 atom stereocenters. The van der Waals surface area contributed by atoms with Gasteiger partial charge in [-0.25, -0.2) is 0 Å². The van der Waals surface area contributed by atoms with Crippen molar-refractivity contribution in [1.82, 2.24) is 4.57 Å². The second-order valence-electron chi connectivity index (χ2n) is 4.36. The second-order valence-corrected chi connectivity index (χ2v) is 4.36. The van der Waals surface area contributed by atoms with E-state index in [9.17, 15) is 0 Å². The van der Waals surface area contributed by atoms with Gasteiger partial charge in [-0.2, -0.15) is 0 Å². The summed E-state index contributed by atoms with van der Waals surface area (Å²) in [6, 6.07) is 6.81. The lowest BCUT2D eigenvalue weighted by Gasteiger charge is -2.01. The van der Waals surface area contributed by atoms with E-state index in [0.717, 1.165) is 0 Å². The number of rotatable bonds is 0. The summed E-state index contributed by atoms with van der Waals surface area (Å²) in [6.07, 6.45) is 3.87. The van der Waals surface area contributed by atoms with Crippen LogP contribution in [0.5, 0.6) is 0 Å². The van der Waals surface area contributed by atoms with E-state index in [0.29, 0.717) is 0 Å². The molecule has 1 aromatic heterocycles. The van der Waals surface area contributed by atoms with Crippen molar-refractivity contribution in [3.63, 3.8) is 0 Å². The quantitative estimate of drug-likeness (QED) is 0.594. The molecule has 0 saturated heterocycles. The largest absolute Gasteiger partial charge is 0.347 e. The third kappa shape index (κ3) is 0.899. The summed E-state index contributed by atoms with van der Waals surface area (Å²) in [6.45, 7) is 2.16. The van der Waals surface area contributed by atoms with Crippen molar-refractivity contribution in [2.75, 3.05) is 0 Å². The van der Waals surface area contributed by atoms with E-state index in [-0.39, 0.29) is 0 Å². The number of hydrogen-bond acceptors (Lipinski definition) is 0. The highest BCUT2D eigenvalue weighted by Gasteiger charge is 2.19. The molecule has 14 heavy (non-hydrogen) atoms. The molecule has 0 bridgehead atoms. The van der Waals surface area contributed by atoms with E-state index in [1.807, 2.05) is 0 Å². The monoisotopic (exact) mass is 185 g/mol. The summed E-state index contributed by atoms with van der Waals surface area (Å²) in [4.78, 5) is 0. The van der Waals surface area contributed by atoms with Gasteiger partial charge >= 0.3 is 0 Å². The average molecular weight is 185 g/mol. The fourth-order valence-electron chi connectivity index (χ4n) is 2.71. The van der Waals surface area contributed by atoms with Crippen molar-refractivity contribution in [2.24, 2.45) is 7.05 Å². The van der Waals surface area contributed by atoms with Crippen LogP contribution < -0.4 is 0 Å². The van der Waals surface area contributed by atoms with E-state index in [1.54, 1.807) is 11.3 Å². The molecule has 1 nitrogen and oxygen atoms in total. The van der Waals surface area contributed by atoms with Crippen LogP contribution in [0.2, 0.25) is 0 Å². The van der Waals surface area contributed by atoms with Crippen LogP contribution in [0.25, 0.3) is 10.9 Å². The van der Waals surface area contributed by atoms with Crippen LogP contribution in [-0.2, 0) is 19.9 Å². The number of nitrogens with zero attached hydrogens (tertiary/aromatic N) is 1. The first kappa shape index (κ1) is 8.10. The zero-order valence-corrected chi connectivity index (χ0v) is 8.80. The fourth-order valence-corrected chi connectivity index (χ4v) is 2.71. The maximum Gasteiger partial charge on any atom is 0.0485 e. The molecule has 2 aromatic rings. The minimum atomic E-state index is 1.26. The molecule has 72 valence electrons. The molecule has 0 unspecified atom stereocenters. The van der Waals surface area contributed by atoms with E-state index < -0.39 is 0 Å². The van der Waals surface area contributed by atoms with Crippen molar-refractivity contribution in [2.45, 2.75) is 26.2 Å². The Bertz CT molecular complexity index is 505. The van der Waals surface area contributed by atoms with Crippen molar-refractivity contribution in [3.8, 4) is 0 Å². The average Bonchev–Trinajstić information content (AvgIpc) is 2.72. The van der Waals surface area contributed by atoms with E-state index in [2.05, 4.69) is 36.7 Å². The van der Waals surface area contributed by atoms with Crippen LogP contribution in [0.4, 0.5) is 0 Å². The first-order valence-corrected chi connectivity index (χ1v) is 5.34. The smallest absolute Gasteiger partial charge is 0.0485 e. The Kier molecular flexibility index (Phi) is 1.52. The molecule has 0 aliphatic heterocycles. The predicted molar refractivity (Wildman–Crippen MR) is 59.7 cm³/mol. The molecule has 0 N–H and O–H groups in total. The lowest BCUT2D eigenvalue weighted by atomic mass is 10.1. The Hall–Kier alpha value is -1.24. The lowest BCUT2D eigenvalue weighted by molar-refractivity contribution is 0.831. The molecule has 0 spiro atoms. The summed E-state index contributed by atoms with van der Waals surface area (Å²) in [5.74, 6) is 0. The lowest BCUT2D eigenvalue weighted by Crippen LogP contribution is -1.93. The minimum absolute atomic E-state index is 1.26. The number of aryl methyl sites for hydroxylation is 3. The number of hydrogen-bond donors (Lipinski definition) is 0. The van der Waals surface area contributed by atoms with Gasteiger partial charge in [0.1, 0.15) is 0 Å². The van der Waals surface area contributed by atoms with Crippen molar-refractivity contribution in [1.29, 1.82) is 0 Å². The third-order valence-corrected chi connectivity index (χ3v) is 3.43. The van der Waals surface area contributed by atoms with Gasteiger partial charge in [0.15, 0.2) is 0 Å². The minimum Gasteiger partial charge on any atom is -0.347 e. The first-order chi connectivity index (χ1) is 6.77. The molecule has 1 heterocycles. The molecule has 0 radical (unpaired) electrons. The molecule has 1 aliphatic rings. The molecule has 1 aliphatic carbocycles. The molecule has 0 fully saturated rings. The van der Waals surface area contributed by atoms with Crippen LogP contribution in [0.15, 0.2) is 18.2 Å². The Morgan fingerprint density at radius 3 is 2.93 bits per heavy atom. The number of benzene rings is 1. The maximum atomic E-state index is 2.38. The zero-order valence-electron chi connectivity index (χ0n) is 8.80. The molecule has 1 aromatic carbocycles. The molecular formula is C13H15N. The van der Waals surface area contributed by atoms with Gasteiger partial charge in [-0.05, 0) is 43.4 Å². The first-order valence-electron chi connectivity index (χ1n) is 5.34. The van der Waals surface area contributed by atoms with Gasteiger partial charge in [0.2, 0.25) is 0 Å². The van der Waals surface area contributed by atoms with Gasteiger partial charge in [-0.1, -0.05) is 12.1 Å². The van der Waals surface area contributed by atoms with Gasteiger partial charge in [-0.15, -0.1) is 0 Å². The third-order valence-electron chi connectivity index (χ3n) is 3.43. The standard InChI is InChI=1S/C13H15N/c1-9-6-7-11-10-4-3-5-12(10)14(2)13(11)8-9/h6-8H,3-5H2,1-2H3. The Morgan fingerprint density at radius 2 is 2.07 bits per heavy atom. The molecule has 0 amide bonds. The van der Waals surface area contributed by atoms with E-state index in [4.69, 9.17) is 0 Å². The van der Waals surface area contributed by atoms with E-state index >= 15 is 0 Å². The molecule has 0 saturated carbocycles. The normalized spacial score (nSPS) is 15.0. The van der Waals surface area contributed by atoms with Crippen molar-refractivity contribution >= 4 is 10.9 Å². The van der Waals surface area contributed by atoms with Gasteiger partial charge in [0.05, 0.1) is 0 Å². The van der Waals surface area contributed by atoms with Crippen molar-refractivity contribution in [3.05, 3.63) is 35.0 Å². The van der Waals surface area contributed by atoms with Crippen LogP contribution in [0, 0.1) is 6.92 Å².